The first-order valence-corrected chi connectivity index (χ1v) is 7.07. The molecule has 0 aromatic heterocycles. The number of nitrogens with one attached hydrogen (secondary N) is 1. The largest absolute Gasteiger partial charge is 0.326 e. The molecule has 2 rings (SSSR count). The summed E-state index contributed by atoms with van der Waals surface area (Å²) in [5.74, 6) is 0.0560. The van der Waals surface area contributed by atoms with Gasteiger partial charge in [-0.25, -0.2) is 0 Å². The molecule has 1 amide bonds. The fraction of sp³-hybridized carbons (Fsp3) is 0.467. The number of carbonyl (C=O) groups excluding carboxylic acids is 2. The standard InChI is InChI=1S/C15H18ClNO2/c1-10(18)13-9-12(7-8-14(13)16)17-15(19)11-5-3-2-4-6-11/h7-9,11H,2-6H2,1H3,(H,17,19). The molecule has 1 aromatic rings. The molecular weight excluding hydrogens is 262 g/mol. The van der Waals surface area contributed by atoms with Crippen molar-refractivity contribution in [1.82, 2.24) is 0 Å². The number of hydrogen-bond donors (Lipinski definition) is 1. The van der Waals surface area contributed by atoms with E-state index in [1.54, 1.807) is 18.2 Å². The van der Waals surface area contributed by atoms with Gasteiger partial charge in [0.2, 0.25) is 5.91 Å². The van der Waals surface area contributed by atoms with Gasteiger partial charge in [-0.1, -0.05) is 30.9 Å². The minimum Gasteiger partial charge on any atom is -0.326 e. The van der Waals surface area contributed by atoms with Crippen LogP contribution in [0.15, 0.2) is 18.2 Å². The van der Waals surface area contributed by atoms with Crippen molar-refractivity contribution in [3.05, 3.63) is 28.8 Å². The minimum atomic E-state index is -0.0984. The summed E-state index contributed by atoms with van der Waals surface area (Å²) in [4.78, 5) is 23.5. The van der Waals surface area contributed by atoms with E-state index in [4.69, 9.17) is 11.6 Å². The third-order valence-corrected chi connectivity index (χ3v) is 3.92. The number of benzene rings is 1. The van der Waals surface area contributed by atoms with Crippen LogP contribution in [0.5, 0.6) is 0 Å². The van der Waals surface area contributed by atoms with Crippen molar-refractivity contribution in [2.75, 3.05) is 5.32 Å². The van der Waals surface area contributed by atoms with Gasteiger partial charge in [-0.15, -0.1) is 0 Å². The normalized spacial score (nSPS) is 16.1. The predicted molar refractivity (Wildman–Crippen MR) is 76.7 cm³/mol. The molecule has 0 aliphatic heterocycles. The number of Topliss-reactive ketones (excluding diaryl/α,β-unsaturated/α-hetero) is 1. The summed E-state index contributed by atoms with van der Waals surface area (Å²) in [5, 5.41) is 3.30. The zero-order valence-electron chi connectivity index (χ0n) is 11.0. The van der Waals surface area contributed by atoms with Crippen molar-refractivity contribution in [3.63, 3.8) is 0 Å². The lowest BCUT2D eigenvalue weighted by Gasteiger charge is -2.20. The number of ketones is 1. The number of carbonyl (C=O) groups is 2. The van der Waals surface area contributed by atoms with Gasteiger partial charge < -0.3 is 5.32 Å². The van der Waals surface area contributed by atoms with Crippen molar-refractivity contribution in [3.8, 4) is 0 Å². The molecule has 4 heteroatoms. The Bertz CT molecular complexity index is 493. The van der Waals surface area contributed by atoms with Crippen LogP contribution in [0.1, 0.15) is 49.4 Å². The van der Waals surface area contributed by atoms with Crippen LogP contribution in [0.2, 0.25) is 5.02 Å². The lowest BCUT2D eigenvalue weighted by Crippen LogP contribution is -2.24. The molecule has 0 saturated heterocycles. The summed E-state index contributed by atoms with van der Waals surface area (Å²) in [6.07, 6.45) is 5.38. The van der Waals surface area contributed by atoms with Gasteiger partial charge in [0, 0.05) is 17.2 Å². The molecule has 1 aliphatic rings. The van der Waals surface area contributed by atoms with Gasteiger partial charge in [-0.3, -0.25) is 9.59 Å². The molecule has 1 N–H and O–H groups in total. The van der Waals surface area contributed by atoms with E-state index in [9.17, 15) is 9.59 Å². The molecule has 0 atom stereocenters. The van der Waals surface area contributed by atoms with E-state index in [-0.39, 0.29) is 17.6 Å². The quantitative estimate of drug-likeness (QED) is 0.848. The Morgan fingerprint density at radius 1 is 1.21 bits per heavy atom. The second-order valence-corrected chi connectivity index (χ2v) is 5.48. The van der Waals surface area contributed by atoms with Crippen molar-refractivity contribution < 1.29 is 9.59 Å². The van der Waals surface area contributed by atoms with Crippen LogP contribution in [0.3, 0.4) is 0 Å². The van der Waals surface area contributed by atoms with Crippen molar-refractivity contribution in [2.45, 2.75) is 39.0 Å². The van der Waals surface area contributed by atoms with Crippen LogP contribution in [0.4, 0.5) is 5.69 Å². The number of rotatable bonds is 3. The second-order valence-electron chi connectivity index (χ2n) is 5.07. The molecule has 0 spiro atoms. The predicted octanol–water partition coefficient (Wildman–Crippen LogP) is 4.06. The molecule has 3 nitrogen and oxygen atoms in total. The molecule has 1 saturated carbocycles. The number of hydrogen-bond acceptors (Lipinski definition) is 2. The molecular formula is C15H18ClNO2. The Hall–Kier alpha value is -1.35. The Labute approximate surface area is 118 Å². The smallest absolute Gasteiger partial charge is 0.227 e. The van der Waals surface area contributed by atoms with E-state index < -0.39 is 0 Å². The molecule has 0 unspecified atom stereocenters. The highest BCUT2D eigenvalue weighted by Gasteiger charge is 2.21. The van der Waals surface area contributed by atoms with Crippen LogP contribution in [-0.2, 0) is 4.79 Å². The fourth-order valence-corrected chi connectivity index (χ4v) is 2.73. The maximum Gasteiger partial charge on any atom is 0.227 e. The van der Waals surface area contributed by atoms with Crippen LogP contribution >= 0.6 is 11.6 Å². The third kappa shape index (κ3) is 3.57. The van der Waals surface area contributed by atoms with Crippen molar-refractivity contribution in [1.29, 1.82) is 0 Å². The highest BCUT2D eigenvalue weighted by atomic mass is 35.5. The molecule has 1 aromatic carbocycles. The highest BCUT2D eigenvalue weighted by Crippen LogP contribution is 2.26. The maximum atomic E-state index is 12.1. The molecule has 1 aliphatic carbocycles. The van der Waals surface area contributed by atoms with Crippen LogP contribution in [-0.4, -0.2) is 11.7 Å². The SMILES string of the molecule is CC(=O)c1cc(NC(=O)C2CCCCC2)ccc1Cl. The first-order chi connectivity index (χ1) is 9.08. The summed E-state index contributed by atoms with van der Waals surface area (Å²) in [7, 11) is 0. The summed E-state index contributed by atoms with van der Waals surface area (Å²) in [5.41, 5.74) is 1.09. The summed E-state index contributed by atoms with van der Waals surface area (Å²) >= 11 is 5.94. The Balaban J connectivity index is 2.08. The van der Waals surface area contributed by atoms with Crippen LogP contribution < -0.4 is 5.32 Å². The lowest BCUT2D eigenvalue weighted by molar-refractivity contribution is -0.120. The van der Waals surface area contributed by atoms with Gasteiger partial charge >= 0.3 is 0 Å². The molecule has 0 bridgehead atoms. The molecule has 0 radical (unpaired) electrons. The average molecular weight is 280 g/mol. The number of halogens is 1. The van der Waals surface area contributed by atoms with Crippen molar-refractivity contribution >= 4 is 29.0 Å². The summed E-state index contributed by atoms with van der Waals surface area (Å²) in [6, 6.07) is 5.02. The van der Waals surface area contributed by atoms with Gasteiger partial charge in [0.1, 0.15) is 0 Å². The molecule has 0 heterocycles. The number of amides is 1. The average Bonchev–Trinajstić information content (AvgIpc) is 2.41. The number of anilines is 1. The Morgan fingerprint density at radius 2 is 1.89 bits per heavy atom. The first-order valence-electron chi connectivity index (χ1n) is 6.69. The van der Waals surface area contributed by atoms with Crippen molar-refractivity contribution in [2.24, 2.45) is 5.92 Å². The summed E-state index contributed by atoms with van der Waals surface area (Å²) < 4.78 is 0. The molecule has 102 valence electrons. The highest BCUT2D eigenvalue weighted by molar-refractivity contribution is 6.34. The minimum absolute atomic E-state index is 0.0523. The monoisotopic (exact) mass is 279 g/mol. The van der Waals surface area contributed by atoms with E-state index in [1.807, 2.05) is 0 Å². The zero-order valence-corrected chi connectivity index (χ0v) is 11.8. The van der Waals surface area contributed by atoms with E-state index in [1.165, 1.54) is 13.3 Å². The van der Waals surface area contributed by atoms with Gasteiger partial charge in [-0.2, -0.15) is 0 Å². The topological polar surface area (TPSA) is 46.2 Å². The van der Waals surface area contributed by atoms with Gasteiger partial charge in [0.15, 0.2) is 5.78 Å². The lowest BCUT2D eigenvalue weighted by atomic mass is 9.88. The molecule has 1 fully saturated rings. The van der Waals surface area contributed by atoms with Crippen LogP contribution in [0, 0.1) is 5.92 Å². The van der Waals surface area contributed by atoms with E-state index >= 15 is 0 Å². The van der Waals surface area contributed by atoms with Gasteiger partial charge in [0.25, 0.3) is 0 Å². The maximum absolute atomic E-state index is 12.1. The summed E-state index contributed by atoms with van der Waals surface area (Å²) in [6.45, 7) is 1.47. The van der Waals surface area contributed by atoms with E-state index in [2.05, 4.69) is 5.32 Å². The first kappa shape index (κ1) is 14.1. The van der Waals surface area contributed by atoms with Gasteiger partial charge in [0.05, 0.1) is 5.02 Å². The third-order valence-electron chi connectivity index (χ3n) is 3.59. The Kier molecular flexibility index (Phi) is 4.59. The second kappa shape index (κ2) is 6.20. The molecule has 19 heavy (non-hydrogen) atoms. The fourth-order valence-electron chi connectivity index (χ4n) is 2.48. The van der Waals surface area contributed by atoms with Gasteiger partial charge in [-0.05, 0) is 38.0 Å². The zero-order chi connectivity index (χ0) is 13.8. The van der Waals surface area contributed by atoms with Crippen LogP contribution in [0.25, 0.3) is 0 Å². The van der Waals surface area contributed by atoms with E-state index in [0.29, 0.717) is 16.3 Å². The van der Waals surface area contributed by atoms with E-state index in [0.717, 1.165) is 25.7 Å². The Morgan fingerprint density at radius 3 is 2.53 bits per heavy atom.